The molecule has 2 heterocycles. The highest BCUT2D eigenvalue weighted by Crippen LogP contribution is 2.30. The van der Waals surface area contributed by atoms with Gasteiger partial charge in [-0.05, 0) is 30.4 Å². The number of carbonyl (C=O) groups excluding carboxylic acids is 1. The number of nitrogens with one attached hydrogen (secondary N) is 1. The normalized spacial score (nSPS) is 18.5. The molecule has 1 fully saturated rings. The van der Waals surface area contributed by atoms with Gasteiger partial charge in [0.2, 0.25) is 0 Å². The van der Waals surface area contributed by atoms with E-state index in [4.69, 9.17) is 0 Å². The molecule has 1 saturated heterocycles. The van der Waals surface area contributed by atoms with Crippen molar-refractivity contribution in [2.75, 3.05) is 25.0 Å². The van der Waals surface area contributed by atoms with E-state index < -0.39 is 0 Å². The van der Waals surface area contributed by atoms with Crippen LogP contribution in [0.1, 0.15) is 37.2 Å². The molecule has 5 nitrogen and oxygen atoms in total. The van der Waals surface area contributed by atoms with Gasteiger partial charge in [-0.2, -0.15) is 0 Å². The van der Waals surface area contributed by atoms with E-state index in [2.05, 4.69) is 34.3 Å². The summed E-state index contributed by atoms with van der Waals surface area (Å²) in [6.07, 6.45) is 2.42. The number of rotatable bonds is 2. The number of hydrogen-bond donors (Lipinski definition) is 1. The molecule has 0 saturated carbocycles. The Kier molecular flexibility index (Phi) is 3.50. The first-order valence-electron chi connectivity index (χ1n) is 6.33. The van der Waals surface area contributed by atoms with Gasteiger partial charge in [0.1, 0.15) is 0 Å². The third-order valence-corrected chi connectivity index (χ3v) is 3.33. The van der Waals surface area contributed by atoms with Gasteiger partial charge in [0.05, 0.1) is 0 Å². The third kappa shape index (κ3) is 2.78. The van der Waals surface area contributed by atoms with Crippen LogP contribution in [0.2, 0.25) is 0 Å². The van der Waals surface area contributed by atoms with Crippen LogP contribution in [0.5, 0.6) is 0 Å². The van der Waals surface area contributed by atoms with Crippen molar-refractivity contribution in [1.29, 1.82) is 0 Å². The van der Waals surface area contributed by atoms with Crippen LogP contribution in [0, 0.1) is 5.41 Å². The van der Waals surface area contributed by atoms with Crippen LogP contribution < -0.4 is 10.2 Å². The van der Waals surface area contributed by atoms with Crippen molar-refractivity contribution in [2.45, 2.75) is 26.7 Å². The lowest BCUT2D eigenvalue weighted by atomic mass is 9.84. The highest BCUT2D eigenvalue weighted by atomic mass is 16.1. The number of anilines is 1. The van der Waals surface area contributed by atoms with Crippen molar-refractivity contribution in [3.05, 3.63) is 17.8 Å². The SMILES string of the molecule is CNC(=O)c1ccc(N2CCCC(C)(C)C2)nn1. The van der Waals surface area contributed by atoms with Gasteiger partial charge >= 0.3 is 0 Å². The van der Waals surface area contributed by atoms with Gasteiger partial charge in [-0.1, -0.05) is 13.8 Å². The predicted molar refractivity (Wildman–Crippen MR) is 70.7 cm³/mol. The molecular formula is C13H20N4O. The Morgan fingerprint density at radius 2 is 2.17 bits per heavy atom. The highest BCUT2D eigenvalue weighted by molar-refractivity contribution is 5.91. The number of nitrogens with zero attached hydrogens (tertiary/aromatic N) is 3. The third-order valence-electron chi connectivity index (χ3n) is 3.33. The van der Waals surface area contributed by atoms with E-state index in [1.165, 1.54) is 12.8 Å². The predicted octanol–water partition coefficient (Wildman–Crippen LogP) is 1.46. The second-order valence-electron chi connectivity index (χ2n) is 5.55. The van der Waals surface area contributed by atoms with Crippen molar-refractivity contribution >= 4 is 11.7 Å². The minimum Gasteiger partial charge on any atom is -0.355 e. The number of hydrogen-bond acceptors (Lipinski definition) is 4. The number of amides is 1. The molecule has 1 aliphatic rings. The Balaban J connectivity index is 2.12. The standard InChI is InChI=1S/C13H20N4O/c1-13(2)7-4-8-17(9-13)11-6-5-10(15-16-11)12(18)14-3/h5-6H,4,7-9H2,1-3H3,(H,14,18). The Bertz CT molecular complexity index is 427. The molecule has 98 valence electrons. The highest BCUT2D eigenvalue weighted by Gasteiger charge is 2.27. The van der Waals surface area contributed by atoms with Crippen LogP contribution >= 0.6 is 0 Å². The molecule has 0 aliphatic carbocycles. The zero-order valence-electron chi connectivity index (χ0n) is 11.2. The second kappa shape index (κ2) is 4.92. The summed E-state index contributed by atoms with van der Waals surface area (Å²) in [5.74, 6) is 0.656. The second-order valence-corrected chi connectivity index (χ2v) is 5.55. The van der Waals surface area contributed by atoms with Crippen LogP contribution in [0.25, 0.3) is 0 Å². The fraction of sp³-hybridized carbons (Fsp3) is 0.615. The van der Waals surface area contributed by atoms with Gasteiger partial charge in [-0.25, -0.2) is 0 Å². The maximum atomic E-state index is 11.4. The largest absolute Gasteiger partial charge is 0.355 e. The minimum atomic E-state index is -0.201. The van der Waals surface area contributed by atoms with E-state index in [1.807, 2.05) is 6.07 Å². The average molecular weight is 248 g/mol. The summed E-state index contributed by atoms with van der Waals surface area (Å²) >= 11 is 0. The van der Waals surface area contributed by atoms with Crippen molar-refractivity contribution in [3.8, 4) is 0 Å². The molecule has 0 spiro atoms. The molecule has 1 N–H and O–H groups in total. The first-order valence-corrected chi connectivity index (χ1v) is 6.33. The Morgan fingerprint density at radius 1 is 1.39 bits per heavy atom. The van der Waals surface area contributed by atoms with E-state index in [-0.39, 0.29) is 5.91 Å². The van der Waals surface area contributed by atoms with Crippen molar-refractivity contribution in [2.24, 2.45) is 5.41 Å². The molecule has 0 bridgehead atoms. The minimum absolute atomic E-state index is 0.201. The van der Waals surface area contributed by atoms with Crippen molar-refractivity contribution in [3.63, 3.8) is 0 Å². The molecule has 5 heteroatoms. The maximum Gasteiger partial charge on any atom is 0.271 e. The summed E-state index contributed by atoms with van der Waals surface area (Å²) in [4.78, 5) is 13.6. The van der Waals surface area contributed by atoms with E-state index in [1.54, 1.807) is 13.1 Å². The first kappa shape index (κ1) is 12.8. The van der Waals surface area contributed by atoms with Gasteiger partial charge in [0.25, 0.3) is 5.91 Å². The molecular weight excluding hydrogens is 228 g/mol. The summed E-state index contributed by atoms with van der Waals surface area (Å²) in [6.45, 7) is 6.54. The molecule has 0 aromatic carbocycles. The zero-order valence-corrected chi connectivity index (χ0v) is 11.2. The van der Waals surface area contributed by atoms with Crippen LogP contribution in [0.4, 0.5) is 5.82 Å². The molecule has 0 radical (unpaired) electrons. The van der Waals surface area contributed by atoms with Crippen LogP contribution in [0.3, 0.4) is 0 Å². The number of aromatic nitrogens is 2. The molecule has 1 amide bonds. The smallest absolute Gasteiger partial charge is 0.271 e. The van der Waals surface area contributed by atoms with Crippen LogP contribution in [0.15, 0.2) is 12.1 Å². The quantitative estimate of drug-likeness (QED) is 0.861. The van der Waals surface area contributed by atoms with Gasteiger partial charge < -0.3 is 10.2 Å². The number of piperidine rings is 1. The van der Waals surface area contributed by atoms with E-state index in [0.717, 1.165) is 18.9 Å². The van der Waals surface area contributed by atoms with Crippen LogP contribution in [-0.2, 0) is 0 Å². The van der Waals surface area contributed by atoms with Gasteiger partial charge in [0, 0.05) is 20.1 Å². The van der Waals surface area contributed by atoms with E-state index in [0.29, 0.717) is 11.1 Å². The Hall–Kier alpha value is -1.65. The van der Waals surface area contributed by atoms with Crippen molar-refractivity contribution in [1.82, 2.24) is 15.5 Å². The van der Waals surface area contributed by atoms with Gasteiger partial charge in [-0.3, -0.25) is 4.79 Å². The van der Waals surface area contributed by atoms with Gasteiger partial charge in [0.15, 0.2) is 11.5 Å². The molecule has 0 atom stereocenters. The molecule has 1 aromatic rings. The topological polar surface area (TPSA) is 58.1 Å². The lowest BCUT2D eigenvalue weighted by Crippen LogP contribution is -2.40. The fourth-order valence-electron chi connectivity index (χ4n) is 2.36. The van der Waals surface area contributed by atoms with Crippen LogP contribution in [-0.4, -0.2) is 36.2 Å². The summed E-state index contributed by atoms with van der Waals surface area (Å²) in [6, 6.07) is 3.60. The van der Waals surface area contributed by atoms with E-state index >= 15 is 0 Å². The zero-order chi connectivity index (χ0) is 13.2. The lowest BCUT2D eigenvalue weighted by Gasteiger charge is -2.38. The molecule has 18 heavy (non-hydrogen) atoms. The summed E-state index contributed by atoms with van der Waals surface area (Å²) in [7, 11) is 1.59. The Morgan fingerprint density at radius 3 is 2.72 bits per heavy atom. The average Bonchev–Trinajstić information content (AvgIpc) is 2.37. The molecule has 1 aliphatic heterocycles. The number of carbonyl (C=O) groups is 1. The molecule has 0 unspecified atom stereocenters. The summed E-state index contributed by atoms with van der Waals surface area (Å²) in [5, 5.41) is 10.7. The molecule has 2 rings (SSSR count). The maximum absolute atomic E-state index is 11.4. The fourth-order valence-corrected chi connectivity index (χ4v) is 2.36. The monoisotopic (exact) mass is 248 g/mol. The van der Waals surface area contributed by atoms with Gasteiger partial charge in [-0.15, -0.1) is 10.2 Å². The molecule has 1 aromatic heterocycles. The van der Waals surface area contributed by atoms with Crippen molar-refractivity contribution < 1.29 is 4.79 Å². The van der Waals surface area contributed by atoms with E-state index in [9.17, 15) is 4.79 Å². The first-order chi connectivity index (χ1) is 8.52. The summed E-state index contributed by atoms with van der Waals surface area (Å²) < 4.78 is 0. The lowest BCUT2D eigenvalue weighted by molar-refractivity contribution is 0.0957. The Labute approximate surface area is 108 Å². The summed E-state index contributed by atoms with van der Waals surface area (Å²) in [5.41, 5.74) is 0.678.